The normalized spacial score (nSPS) is 33.8. The van der Waals surface area contributed by atoms with Gasteiger partial charge in [-0.2, -0.15) is 0 Å². The van der Waals surface area contributed by atoms with Crippen molar-refractivity contribution in [2.24, 2.45) is 11.8 Å². The molecule has 0 bridgehead atoms. The van der Waals surface area contributed by atoms with Crippen molar-refractivity contribution in [3.05, 3.63) is 35.9 Å². The van der Waals surface area contributed by atoms with E-state index in [4.69, 9.17) is 0 Å². The number of aliphatic hydroxyl groups is 1. The monoisotopic (exact) mass is 272 g/mol. The van der Waals surface area contributed by atoms with Gasteiger partial charge in [-0.25, -0.2) is 0 Å². The summed E-state index contributed by atoms with van der Waals surface area (Å²) in [5.41, 5.74) is 0.666. The average Bonchev–Trinajstić information content (AvgIpc) is 2.48. The number of rotatable bonds is 3. The summed E-state index contributed by atoms with van der Waals surface area (Å²) in [6.07, 6.45) is 7.30. The van der Waals surface area contributed by atoms with Crippen molar-refractivity contribution in [1.29, 1.82) is 0 Å². The molecule has 1 aromatic carbocycles. The quantitative estimate of drug-likeness (QED) is 0.914. The molecule has 3 unspecified atom stereocenters. The van der Waals surface area contributed by atoms with Crippen molar-refractivity contribution >= 4 is 5.78 Å². The molecule has 1 aromatic rings. The highest BCUT2D eigenvalue weighted by Crippen LogP contribution is 2.46. The van der Waals surface area contributed by atoms with Crippen molar-refractivity contribution in [3.8, 4) is 0 Å². The summed E-state index contributed by atoms with van der Waals surface area (Å²) in [6.45, 7) is 0. The molecule has 2 aliphatic carbocycles. The molecule has 0 saturated heterocycles. The number of Topliss-reactive ketones (excluding diaryl/α,β-unsaturated/α-hetero) is 1. The van der Waals surface area contributed by atoms with Crippen LogP contribution in [0.5, 0.6) is 0 Å². The molecule has 0 spiro atoms. The Bertz CT molecular complexity index is 468. The van der Waals surface area contributed by atoms with Gasteiger partial charge in [0.15, 0.2) is 0 Å². The van der Waals surface area contributed by atoms with Crippen molar-refractivity contribution in [3.63, 3.8) is 0 Å². The van der Waals surface area contributed by atoms with Gasteiger partial charge in [0.25, 0.3) is 0 Å². The predicted molar refractivity (Wildman–Crippen MR) is 79.4 cm³/mol. The summed E-state index contributed by atoms with van der Waals surface area (Å²) in [7, 11) is 0. The fourth-order valence-corrected chi connectivity index (χ4v) is 4.24. The zero-order valence-electron chi connectivity index (χ0n) is 12.1. The molecule has 3 rings (SSSR count). The van der Waals surface area contributed by atoms with E-state index in [0.29, 0.717) is 5.78 Å². The van der Waals surface area contributed by atoms with E-state index < -0.39 is 5.60 Å². The summed E-state index contributed by atoms with van der Waals surface area (Å²) >= 11 is 0. The van der Waals surface area contributed by atoms with E-state index >= 15 is 0 Å². The highest BCUT2D eigenvalue weighted by molar-refractivity contribution is 5.82. The Balaban J connectivity index is 1.71. The van der Waals surface area contributed by atoms with Crippen LogP contribution < -0.4 is 0 Å². The Labute approximate surface area is 121 Å². The third-order valence-corrected chi connectivity index (χ3v) is 5.34. The molecule has 0 amide bonds. The topological polar surface area (TPSA) is 37.3 Å². The average molecular weight is 272 g/mol. The molecule has 0 radical (unpaired) electrons. The van der Waals surface area contributed by atoms with Crippen LogP contribution in [-0.2, 0) is 11.2 Å². The summed E-state index contributed by atoms with van der Waals surface area (Å²) in [4.78, 5) is 12.1. The highest BCUT2D eigenvalue weighted by atomic mass is 16.3. The molecule has 0 aromatic heterocycles. The molecule has 108 valence electrons. The number of benzene rings is 1. The molecule has 2 aliphatic rings. The minimum atomic E-state index is -0.616. The Morgan fingerprint density at radius 1 is 1.15 bits per heavy atom. The van der Waals surface area contributed by atoms with Gasteiger partial charge in [0.1, 0.15) is 5.78 Å². The van der Waals surface area contributed by atoms with Crippen LogP contribution >= 0.6 is 0 Å². The van der Waals surface area contributed by atoms with E-state index in [-0.39, 0.29) is 11.8 Å². The third kappa shape index (κ3) is 2.67. The summed E-state index contributed by atoms with van der Waals surface area (Å²) in [5, 5.41) is 11.1. The van der Waals surface area contributed by atoms with E-state index in [9.17, 15) is 9.90 Å². The van der Waals surface area contributed by atoms with Crippen LogP contribution in [0.15, 0.2) is 30.3 Å². The van der Waals surface area contributed by atoms with Crippen molar-refractivity contribution in [1.82, 2.24) is 0 Å². The van der Waals surface area contributed by atoms with E-state index in [1.54, 1.807) is 0 Å². The second kappa shape index (κ2) is 5.69. The lowest BCUT2D eigenvalue weighted by Crippen LogP contribution is -2.49. The molecule has 2 fully saturated rings. The predicted octanol–water partition coefficient (Wildman–Crippen LogP) is 3.52. The lowest BCUT2D eigenvalue weighted by molar-refractivity contribution is -0.142. The Morgan fingerprint density at radius 2 is 1.95 bits per heavy atom. The van der Waals surface area contributed by atoms with Gasteiger partial charge in [-0.05, 0) is 56.4 Å². The molecule has 0 heterocycles. The van der Waals surface area contributed by atoms with Crippen LogP contribution in [0.4, 0.5) is 0 Å². The number of fused-ring (bicyclic) bond motifs is 1. The molecular weight excluding hydrogens is 248 g/mol. The van der Waals surface area contributed by atoms with Gasteiger partial charge in [-0.1, -0.05) is 30.3 Å². The first-order chi connectivity index (χ1) is 9.69. The van der Waals surface area contributed by atoms with Crippen LogP contribution in [0.3, 0.4) is 0 Å². The zero-order valence-corrected chi connectivity index (χ0v) is 12.1. The maximum Gasteiger partial charge on any atom is 0.136 e. The largest absolute Gasteiger partial charge is 0.390 e. The van der Waals surface area contributed by atoms with Gasteiger partial charge in [-0.15, -0.1) is 0 Å². The van der Waals surface area contributed by atoms with Gasteiger partial charge < -0.3 is 5.11 Å². The number of carbonyl (C=O) groups excluding carboxylic acids is 1. The van der Waals surface area contributed by atoms with Crippen LogP contribution in [0.2, 0.25) is 0 Å². The lowest BCUT2D eigenvalue weighted by Gasteiger charge is -2.46. The number of carbonyl (C=O) groups is 1. The fraction of sp³-hybridized carbons (Fsp3) is 0.611. The third-order valence-electron chi connectivity index (χ3n) is 5.34. The SMILES string of the molecule is O=C1CCCC2C1CCCC2(O)CCc1ccccc1. The molecule has 0 aliphatic heterocycles. The number of hydrogen-bond donors (Lipinski definition) is 1. The van der Waals surface area contributed by atoms with Gasteiger partial charge >= 0.3 is 0 Å². The number of ketones is 1. The molecular formula is C18H24O2. The standard InChI is InChI=1S/C18H24O2/c19-17-10-4-9-16-15(17)8-5-12-18(16,20)13-11-14-6-2-1-3-7-14/h1-3,6-7,15-16,20H,4-5,8-13H2. The van der Waals surface area contributed by atoms with E-state index in [1.807, 2.05) is 18.2 Å². The summed E-state index contributed by atoms with van der Waals surface area (Å²) in [5.74, 6) is 0.749. The minimum absolute atomic E-state index is 0.137. The maximum atomic E-state index is 12.1. The molecule has 1 N–H and O–H groups in total. The van der Waals surface area contributed by atoms with E-state index in [2.05, 4.69) is 12.1 Å². The lowest BCUT2D eigenvalue weighted by atomic mass is 9.61. The van der Waals surface area contributed by atoms with Crippen LogP contribution in [0.25, 0.3) is 0 Å². The van der Waals surface area contributed by atoms with Crippen LogP contribution in [0.1, 0.15) is 50.5 Å². The second-order valence-corrected chi connectivity index (χ2v) is 6.55. The first-order valence-corrected chi connectivity index (χ1v) is 7.98. The molecule has 20 heavy (non-hydrogen) atoms. The van der Waals surface area contributed by atoms with E-state index in [0.717, 1.165) is 51.4 Å². The first kappa shape index (κ1) is 13.8. The fourth-order valence-electron chi connectivity index (χ4n) is 4.24. The number of aryl methyl sites for hydroxylation is 1. The van der Waals surface area contributed by atoms with Crippen LogP contribution in [-0.4, -0.2) is 16.5 Å². The maximum absolute atomic E-state index is 12.1. The van der Waals surface area contributed by atoms with Gasteiger partial charge in [-0.3, -0.25) is 4.79 Å². The van der Waals surface area contributed by atoms with Crippen molar-refractivity contribution in [2.75, 3.05) is 0 Å². The van der Waals surface area contributed by atoms with Gasteiger partial charge in [0.05, 0.1) is 5.60 Å². The summed E-state index contributed by atoms with van der Waals surface area (Å²) in [6, 6.07) is 10.4. The van der Waals surface area contributed by atoms with Crippen LogP contribution in [0, 0.1) is 11.8 Å². The Hall–Kier alpha value is -1.15. The van der Waals surface area contributed by atoms with Crippen molar-refractivity contribution in [2.45, 2.75) is 57.0 Å². The smallest absolute Gasteiger partial charge is 0.136 e. The zero-order chi connectivity index (χ0) is 14.0. The molecule has 3 atom stereocenters. The number of hydrogen-bond acceptors (Lipinski definition) is 2. The summed E-state index contributed by atoms with van der Waals surface area (Å²) < 4.78 is 0. The molecule has 2 nitrogen and oxygen atoms in total. The molecule has 2 heteroatoms. The van der Waals surface area contributed by atoms with Gasteiger partial charge in [0, 0.05) is 12.3 Å². The highest BCUT2D eigenvalue weighted by Gasteiger charge is 2.47. The van der Waals surface area contributed by atoms with E-state index in [1.165, 1.54) is 5.56 Å². The second-order valence-electron chi connectivity index (χ2n) is 6.55. The van der Waals surface area contributed by atoms with Crippen molar-refractivity contribution < 1.29 is 9.90 Å². The minimum Gasteiger partial charge on any atom is -0.390 e. The Morgan fingerprint density at radius 3 is 2.75 bits per heavy atom. The Kier molecular flexibility index (Phi) is 3.93. The van der Waals surface area contributed by atoms with Gasteiger partial charge in [0.2, 0.25) is 0 Å². The molecule has 2 saturated carbocycles. The first-order valence-electron chi connectivity index (χ1n) is 7.98.